The number of nitrogens with one attached hydrogen (secondary N) is 2. The molecule has 17 heavy (non-hydrogen) atoms. The van der Waals surface area contributed by atoms with Crippen molar-refractivity contribution >= 4 is 11.4 Å². The number of hydrogen-bond donors (Lipinski definition) is 2. The van der Waals surface area contributed by atoms with Gasteiger partial charge in [0.05, 0.1) is 0 Å². The molecule has 0 fully saturated rings. The highest BCUT2D eigenvalue weighted by atomic mass is 14.8. The Hall–Kier alpha value is -1.96. The van der Waals surface area contributed by atoms with E-state index < -0.39 is 0 Å². The molecule has 0 saturated carbocycles. The Morgan fingerprint density at radius 1 is 0.882 bits per heavy atom. The number of anilines is 2. The van der Waals surface area contributed by atoms with Gasteiger partial charge in [-0.2, -0.15) is 0 Å². The monoisotopic (exact) mass is 226 g/mol. The molecular weight excluding hydrogens is 208 g/mol. The van der Waals surface area contributed by atoms with E-state index in [9.17, 15) is 0 Å². The number of rotatable bonds is 4. The fourth-order valence-corrected chi connectivity index (χ4v) is 1.84. The third-order valence-electron chi connectivity index (χ3n) is 2.75. The standard InChI is InChI=1S/C15H18N2/c1-3-17-14-9-7-12(8-10-14)13-5-4-6-15(11-13)16-2/h4-11,16-17H,3H2,1-2H3. The van der Waals surface area contributed by atoms with Crippen molar-refractivity contribution < 1.29 is 0 Å². The lowest BCUT2D eigenvalue weighted by molar-refractivity contribution is 1.21. The Kier molecular flexibility index (Phi) is 3.66. The molecule has 2 aromatic rings. The van der Waals surface area contributed by atoms with E-state index in [-0.39, 0.29) is 0 Å². The highest BCUT2D eigenvalue weighted by molar-refractivity contribution is 5.69. The zero-order valence-corrected chi connectivity index (χ0v) is 10.3. The van der Waals surface area contributed by atoms with Crippen LogP contribution in [0.25, 0.3) is 11.1 Å². The molecule has 0 heterocycles. The van der Waals surface area contributed by atoms with Crippen LogP contribution in [-0.4, -0.2) is 13.6 Å². The van der Waals surface area contributed by atoms with Crippen molar-refractivity contribution in [3.63, 3.8) is 0 Å². The summed E-state index contributed by atoms with van der Waals surface area (Å²) in [6.07, 6.45) is 0. The molecule has 0 aliphatic rings. The molecule has 0 amide bonds. The second kappa shape index (κ2) is 5.39. The quantitative estimate of drug-likeness (QED) is 0.828. The lowest BCUT2D eigenvalue weighted by Crippen LogP contribution is -1.95. The van der Waals surface area contributed by atoms with E-state index in [1.807, 2.05) is 7.05 Å². The van der Waals surface area contributed by atoms with E-state index in [4.69, 9.17) is 0 Å². The Bertz CT molecular complexity index is 475. The van der Waals surface area contributed by atoms with Crippen molar-refractivity contribution in [2.45, 2.75) is 6.92 Å². The summed E-state index contributed by atoms with van der Waals surface area (Å²) in [5, 5.41) is 6.45. The molecule has 2 rings (SSSR count). The van der Waals surface area contributed by atoms with Gasteiger partial charge < -0.3 is 10.6 Å². The molecule has 2 nitrogen and oxygen atoms in total. The molecule has 0 bridgehead atoms. The van der Waals surface area contributed by atoms with Crippen LogP contribution in [0.1, 0.15) is 6.92 Å². The van der Waals surface area contributed by atoms with E-state index >= 15 is 0 Å². The Labute approximate surface area is 103 Å². The number of benzene rings is 2. The van der Waals surface area contributed by atoms with Crippen LogP contribution < -0.4 is 10.6 Å². The van der Waals surface area contributed by atoms with Gasteiger partial charge in [-0.1, -0.05) is 24.3 Å². The predicted molar refractivity (Wildman–Crippen MR) is 75.6 cm³/mol. The minimum Gasteiger partial charge on any atom is -0.388 e. The van der Waals surface area contributed by atoms with Crippen LogP contribution in [-0.2, 0) is 0 Å². The van der Waals surface area contributed by atoms with Crippen LogP contribution in [0.2, 0.25) is 0 Å². The first-order valence-electron chi connectivity index (χ1n) is 5.95. The van der Waals surface area contributed by atoms with Crippen molar-refractivity contribution in [1.29, 1.82) is 0 Å². The van der Waals surface area contributed by atoms with Gasteiger partial charge in [0.15, 0.2) is 0 Å². The molecule has 88 valence electrons. The van der Waals surface area contributed by atoms with Crippen LogP contribution >= 0.6 is 0 Å². The Morgan fingerprint density at radius 2 is 1.65 bits per heavy atom. The first-order valence-corrected chi connectivity index (χ1v) is 5.95. The van der Waals surface area contributed by atoms with Gasteiger partial charge >= 0.3 is 0 Å². The zero-order chi connectivity index (χ0) is 12.1. The summed E-state index contributed by atoms with van der Waals surface area (Å²) in [5.74, 6) is 0. The topological polar surface area (TPSA) is 24.1 Å². The third kappa shape index (κ3) is 2.78. The molecule has 0 saturated heterocycles. The molecular formula is C15H18N2. The van der Waals surface area contributed by atoms with Gasteiger partial charge in [0.2, 0.25) is 0 Å². The van der Waals surface area contributed by atoms with Crippen molar-refractivity contribution in [3.8, 4) is 11.1 Å². The highest BCUT2D eigenvalue weighted by Crippen LogP contribution is 2.23. The van der Waals surface area contributed by atoms with E-state index in [1.54, 1.807) is 0 Å². The highest BCUT2D eigenvalue weighted by Gasteiger charge is 1.98. The van der Waals surface area contributed by atoms with E-state index in [2.05, 4.69) is 66.1 Å². The molecule has 2 heteroatoms. The molecule has 0 atom stereocenters. The molecule has 0 radical (unpaired) electrons. The average Bonchev–Trinajstić information content (AvgIpc) is 2.40. The minimum absolute atomic E-state index is 0.953. The van der Waals surface area contributed by atoms with Crippen LogP contribution in [0, 0.1) is 0 Å². The van der Waals surface area contributed by atoms with Gasteiger partial charge in [-0.3, -0.25) is 0 Å². The van der Waals surface area contributed by atoms with Gasteiger partial charge in [-0.05, 0) is 42.3 Å². The summed E-state index contributed by atoms with van der Waals surface area (Å²) in [6, 6.07) is 16.9. The van der Waals surface area contributed by atoms with Crippen molar-refractivity contribution in [2.75, 3.05) is 24.2 Å². The van der Waals surface area contributed by atoms with Gasteiger partial charge in [0.25, 0.3) is 0 Å². The first-order chi connectivity index (χ1) is 8.33. The maximum atomic E-state index is 3.30. The first kappa shape index (κ1) is 11.5. The summed E-state index contributed by atoms with van der Waals surface area (Å²) in [4.78, 5) is 0. The summed E-state index contributed by atoms with van der Waals surface area (Å²) in [7, 11) is 1.94. The lowest BCUT2D eigenvalue weighted by atomic mass is 10.0. The second-order valence-electron chi connectivity index (χ2n) is 3.94. The second-order valence-corrected chi connectivity index (χ2v) is 3.94. The molecule has 0 unspecified atom stereocenters. The van der Waals surface area contributed by atoms with E-state index in [0.29, 0.717) is 0 Å². The SMILES string of the molecule is CCNc1ccc(-c2cccc(NC)c2)cc1. The van der Waals surface area contributed by atoms with E-state index in [0.717, 1.165) is 12.2 Å². The summed E-state index contributed by atoms with van der Waals surface area (Å²) >= 11 is 0. The van der Waals surface area contributed by atoms with Gasteiger partial charge in [-0.15, -0.1) is 0 Å². The van der Waals surface area contributed by atoms with E-state index in [1.165, 1.54) is 16.8 Å². The van der Waals surface area contributed by atoms with Crippen LogP contribution in [0.5, 0.6) is 0 Å². The molecule has 0 aliphatic heterocycles. The summed E-state index contributed by atoms with van der Waals surface area (Å²) in [5.41, 5.74) is 4.78. The van der Waals surface area contributed by atoms with Gasteiger partial charge in [-0.25, -0.2) is 0 Å². The van der Waals surface area contributed by atoms with Crippen LogP contribution in [0.4, 0.5) is 11.4 Å². The minimum atomic E-state index is 0.953. The molecule has 0 aliphatic carbocycles. The largest absolute Gasteiger partial charge is 0.388 e. The molecule has 2 aromatic carbocycles. The predicted octanol–water partition coefficient (Wildman–Crippen LogP) is 3.83. The molecule has 2 N–H and O–H groups in total. The smallest absolute Gasteiger partial charge is 0.0343 e. The van der Waals surface area contributed by atoms with Gasteiger partial charge in [0.1, 0.15) is 0 Å². The fourth-order valence-electron chi connectivity index (χ4n) is 1.84. The van der Waals surface area contributed by atoms with Gasteiger partial charge in [0, 0.05) is 25.0 Å². The van der Waals surface area contributed by atoms with Crippen LogP contribution in [0.15, 0.2) is 48.5 Å². The average molecular weight is 226 g/mol. The Balaban J connectivity index is 2.26. The van der Waals surface area contributed by atoms with Crippen LogP contribution in [0.3, 0.4) is 0 Å². The lowest BCUT2D eigenvalue weighted by Gasteiger charge is -2.07. The summed E-state index contributed by atoms with van der Waals surface area (Å²) < 4.78 is 0. The normalized spacial score (nSPS) is 10.0. The zero-order valence-electron chi connectivity index (χ0n) is 10.3. The molecule has 0 spiro atoms. The Morgan fingerprint density at radius 3 is 2.29 bits per heavy atom. The third-order valence-corrected chi connectivity index (χ3v) is 2.75. The maximum absolute atomic E-state index is 3.30. The van der Waals surface area contributed by atoms with Crippen molar-refractivity contribution in [3.05, 3.63) is 48.5 Å². The summed E-state index contributed by atoms with van der Waals surface area (Å²) in [6.45, 7) is 3.05. The molecule has 0 aromatic heterocycles. The van der Waals surface area contributed by atoms with Crippen molar-refractivity contribution in [1.82, 2.24) is 0 Å². The maximum Gasteiger partial charge on any atom is 0.0343 e. The fraction of sp³-hybridized carbons (Fsp3) is 0.200. The number of hydrogen-bond acceptors (Lipinski definition) is 2. The van der Waals surface area contributed by atoms with Crippen molar-refractivity contribution in [2.24, 2.45) is 0 Å².